The first-order valence-electron chi connectivity index (χ1n) is 5.45. The van der Waals surface area contributed by atoms with Crippen LogP contribution in [0.4, 0.5) is 0 Å². The molecule has 0 N–H and O–H groups in total. The monoisotopic (exact) mass is 294 g/mol. The highest BCUT2D eigenvalue weighted by Crippen LogP contribution is 2.13. The summed E-state index contributed by atoms with van der Waals surface area (Å²) in [6, 6.07) is 9.72. The van der Waals surface area contributed by atoms with E-state index in [0.717, 1.165) is 10.0 Å². The Morgan fingerprint density at radius 1 is 1.53 bits per heavy atom. The smallest absolute Gasteiger partial charge is 0.228 e. The number of nitriles is 1. The number of rotatable bonds is 4. The van der Waals surface area contributed by atoms with Crippen LogP contribution in [0, 0.1) is 11.3 Å². The zero-order valence-electron chi connectivity index (χ0n) is 9.98. The Morgan fingerprint density at radius 3 is 2.76 bits per heavy atom. The molecule has 1 aromatic carbocycles. The van der Waals surface area contributed by atoms with Gasteiger partial charge in [0.2, 0.25) is 5.91 Å². The predicted octanol–water partition coefficient (Wildman–Crippen LogP) is 2.75. The molecule has 0 heterocycles. The second-order valence-electron chi connectivity index (χ2n) is 4.08. The summed E-state index contributed by atoms with van der Waals surface area (Å²) in [5, 5.41) is 8.69. The van der Waals surface area contributed by atoms with Crippen molar-refractivity contribution in [3.63, 3.8) is 0 Å². The molecule has 0 fully saturated rings. The molecule has 0 aliphatic rings. The van der Waals surface area contributed by atoms with Crippen molar-refractivity contribution < 1.29 is 4.79 Å². The fourth-order valence-electron chi connectivity index (χ4n) is 1.56. The summed E-state index contributed by atoms with van der Waals surface area (Å²) in [5.74, 6) is -0.0142. The summed E-state index contributed by atoms with van der Waals surface area (Å²) in [7, 11) is 0. The zero-order valence-corrected chi connectivity index (χ0v) is 11.6. The van der Waals surface area contributed by atoms with Crippen molar-refractivity contribution in [3.05, 3.63) is 34.3 Å². The number of benzene rings is 1. The lowest BCUT2D eigenvalue weighted by molar-refractivity contribution is -0.131. The molecule has 0 saturated heterocycles. The van der Waals surface area contributed by atoms with E-state index in [1.54, 1.807) is 4.90 Å². The highest BCUT2D eigenvalue weighted by atomic mass is 79.9. The lowest BCUT2D eigenvalue weighted by Gasteiger charge is -2.23. The average Bonchev–Trinajstić information content (AvgIpc) is 2.25. The van der Waals surface area contributed by atoms with Crippen molar-refractivity contribution in [2.24, 2.45) is 0 Å². The lowest BCUT2D eigenvalue weighted by atomic mass is 10.1. The molecule has 0 unspecified atom stereocenters. The van der Waals surface area contributed by atoms with Crippen molar-refractivity contribution in [2.45, 2.75) is 26.3 Å². The normalized spacial score (nSPS) is 10.1. The Labute approximate surface area is 110 Å². The Balaban J connectivity index is 2.74. The van der Waals surface area contributed by atoms with E-state index in [1.165, 1.54) is 0 Å². The topological polar surface area (TPSA) is 44.1 Å². The number of nitrogens with zero attached hydrogens (tertiary/aromatic N) is 2. The minimum Gasteiger partial charge on any atom is -0.327 e. The number of carbonyl (C=O) groups excluding carboxylic acids is 1. The van der Waals surface area contributed by atoms with Gasteiger partial charge in [0.15, 0.2) is 0 Å². The maximum absolute atomic E-state index is 12.0. The predicted molar refractivity (Wildman–Crippen MR) is 70.3 cm³/mol. The molecular weight excluding hydrogens is 280 g/mol. The first-order valence-corrected chi connectivity index (χ1v) is 6.24. The summed E-state index contributed by atoms with van der Waals surface area (Å²) in [6.07, 6.45) is 0.333. The van der Waals surface area contributed by atoms with Crippen LogP contribution in [0.3, 0.4) is 0 Å². The third-order valence-corrected chi connectivity index (χ3v) is 2.92. The van der Waals surface area contributed by atoms with Gasteiger partial charge in [0, 0.05) is 10.5 Å². The fourth-order valence-corrected chi connectivity index (χ4v) is 2.00. The van der Waals surface area contributed by atoms with Crippen molar-refractivity contribution in [3.8, 4) is 6.07 Å². The second kappa shape index (κ2) is 6.41. The Bertz CT molecular complexity index is 437. The molecule has 1 amide bonds. The summed E-state index contributed by atoms with van der Waals surface area (Å²) in [4.78, 5) is 13.6. The molecule has 4 heteroatoms. The van der Waals surface area contributed by atoms with E-state index in [4.69, 9.17) is 5.26 Å². The molecule has 0 saturated carbocycles. The van der Waals surface area contributed by atoms with Gasteiger partial charge in [-0.2, -0.15) is 5.26 Å². The second-order valence-corrected chi connectivity index (χ2v) is 5.00. The molecule has 0 aliphatic heterocycles. The van der Waals surface area contributed by atoms with Crippen molar-refractivity contribution >= 4 is 21.8 Å². The molecule has 0 atom stereocenters. The molecule has 1 aromatic rings. The van der Waals surface area contributed by atoms with E-state index in [2.05, 4.69) is 15.9 Å². The highest BCUT2D eigenvalue weighted by Gasteiger charge is 2.16. The van der Waals surface area contributed by atoms with Crippen molar-refractivity contribution in [1.82, 2.24) is 4.90 Å². The van der Waals surface area contributed by atoms with Gasteiger partial charge in [-0.25, -0.2) is 0 Å². The molecule has 0 bridgehead atoms. The molecule has 0 aromatic heterocycles. The largest absolute Gasteiger partial charge is 0.327 e. The molecule has 0 radical (unpaired) electrons. The standard InChI is InChI=1S/C13H15BrN2O/c1-10(2)16(7-6-15)13(17)9-11-4-3-5-12(14)8-11/h3-5,8,10H,7,9H2,1-2H3. The maximum atomic E-state index is 12.0. The van der Waals surface area contributed by atoms with Crippen LogP contribution in [0.2, 0.25) is 0 Å². The molecule has 90 valence electrons. The Morgan fingerprint density at radius 2 is 2.24 bits per heavy atom. The Kier molecular flexibility index (Phi) is 5.17. The molecule has 1 rings (SSSR count). The number of hydrogen-bond acceptors (Lipinski definition) is 2. The van der Waals surface area contributed by atoms with Crippen molar-refractivity contribution in [2.75, 3.05) is 6.54 Å². The minimum atomic E-state index is -0.0142. The van der Waals surface area contributed by atoms with E-state index < -0.39 is 0 Å². The van der Waals surface area contributed by atoms with E-state index in [1.807, 2.05) is 44.2 Å². The number of carbonyl (C=O) groups is 1. The first kappa shape index (κ1) is 13.7. The quantitative estimate of drug-likeness (QED) is 0.802. The van der Waals surface area contributed by atoms with E-state index in [-0.39, 0.29) is 18.5 Å². The zero-order chi connectivity index (χ0) is 12.8. The van der Waals surface area contributed by atoms with Gasteiger partial charge < -0.3 is 4.90 Å². The van der Waals surface area contributed by atoms with E-state index in [0.29, 0.717) is 6.42 Å². The highest BCUT2D eigenvalue weighted by molar-refractivity contribution is 9.10. The van der Waals surface area contributed by atoms with Crippen LogP contribution in [0.5, 0.6) is 0 Å². The van der Waals surface area contributed by atoms with Crippen molar-refractivity contribution in [1.29, 1.82) is 5.26 Å². The Hall–Kier alpha value is -1.34. The van der Waals surface area contributed by atoms with Crippen LogP contribution in [0.15, 0.2) is 28.7 Å². The van der Waals surface area contributed by atoms with Crippen LogP contribution >= 0.6 is 15.9 Å². The van der Waals surface area contributed by atoms with Crippen LogP contribution in [-0.4, -0.2) is 23.4 Å². The van der Waals surface area contributed by atoms with Gasteiger partial charge in [0.25, 0.3) is 0 Å². The fraction of sp³-hybridized carbons (Fsp3) is 0.385. The number of hydrogen-bond donors (Lipinski definition) is 0. The summed E-state index contributed by atoms with van der Waals surface area (Å²) >= 11 is 3.37. The van der Waals surface area contributed by atoms with Crippen LogP contribution < -0.4 is 0 Å². The van der Waals surface area contributed by atoms with Gasteiger partial charge in [-0.05, 0) is 31.5 Å². The SMILES string of the molecule is CC(C)N(CC#N)C(=O)Cc1cccc(Br)c1. The van der Waals surface area contributed by atoms with Gasteiger partial charge in [0.05, 0.1) is 12.5 Å². The first-order chi connectivity index (χ1) is 8.04. The molecule has 3 nitrogen and oxygen atoms in total. The van der Waals surface area contributed by atoms with E-state index >= 15 is 0 Å². The number of amides is 1. The summed E-state index contributed by atoms with van der Waals surface area (Å²) in [6.45, 7) is 3.97. The molecule has 17 heavy (non-hydrogen) atoms. The molecular formula is C13H15BrN2O. The van der Waals surface area contributed by atoms with Crippen LogP contribution in [0.1, 0.15) is 19.4 Å². The van der Waals surface area contributed by atoms with Gasteiger partial charge in [-0.3, -0.25) is 4.79 Å². The third-order valence-electron chi connectivity index (χ3n) is 2.43. The van der Waals surface area contributed by atoms with Gasteiger partial charge >= 0.3 is 0 Å². The lowest BCUT2D eigenvalue weighted by Crippen LogP contribution is -2.38. The molecule has 0 aliphatic carbocycles. The van der Waals surface area contributed by atoms with Gasteiger partial charge in [0.1, 0.15) is 6.54 Å². The average molecular weight is 295 g/mol. The summed E-state index contributed by atoms with van der Waals surface area (Å²) < 4.78 is 0.958. The van der Waals surface area contributed by atoms with E-state index in [9.17, 15) is 4.79 Å². The van der Waals surface area contributed by atoms with Gasteiger partial charge in [-0.15, -0.1) is 0 Å². The minimum absolute atomic E-state index is 0.0142. The van der Waals surface area contributed by atoms with Crippen LogP contribution in [0.25, 0.3) is 0 Å². The summed E-state index contributed by atoms with van der Waals surface area (Å²) in [5.41, 5.74) is 0.952. The number of halogens is 1. The third kappa shape index (κ3) is 4.20. The maximum Gasteiger partial charge on any atom is 0.228 e. The van der Waals surface area contributed by atoms with Crippen LogP contribution in [-0.2, 0) is 11.2 Å². The molecule has 0 spiro atoms. The van der Waals surface area contributed by atoms with Gasteiger partial charge in [-0.1, -0.05) is 28.1 Å².